The average molecular weight is 256 g/mol. The van der Waals surface area contributed by atoms with Gasteiger partial charge in [-0.25, -0.2) is 0 Å². The lowest BCUT2D eigenvalue weighted by Crippen LogP contribution is -2.02. The molecule has 1 N–H and O–H groups in total. The number of hydrogen-bond donors (Lipinski definition) is 1. The van der Waals surface area contributed by atoms with Crippen molar-refractivity contribution in [2.75, 3.05) is 11.9 Å². The summed E-state index contributed by atoms with van der Waals surface area (Å²) in [7, 11) is 0. The maximum absolute atomic E-state index is 5.43. The highest BCUT2D eigenvalue weighted by molar-refractivity contribution is 5.48. The maximum atomic E-state index is 5.43. The van der Waals surface area contributed by atoms with E-state index in [2.05, 4.69) is 28.5 Å². The van der Waals surface area contributed by atoms with E-state index < -0.39 is 0 Å². The third kappa shape index (κ3) is 3.71. The Morgan fingerprint density at radius 2 is 1.79 bits per heavy atom. The first-order valence-corrected chi connectivity index (χ1v) is 6.59. The molecule has 100 valence electrons. The summed E-state index contributed by atoms with van der Waals surface area (Å²) in [6, 6.07) is 12.3. The van der Waals surface area contributed by atoms with Gasteiger partial charge < -0.3 is 10.1 Å². The van der Waals surface area contributed by atoms with Crippen LogP contribution < -0.4 is 10.1 Å². The highest BCUT2D eigenvalue weighted by atomic mass is 16.5. The van der Waals surface area contributed by atoms with Gasteiger partial charge in [0.15, 0.2) is 0 Å². The molecule has 0 spiro atoms. The summed E-state index contributed by atoms with van der Waals surface area (Å²) in [5, 5.41) is 3.40. The monoisotopic (exact) mass is 256 g/mol. The number of hydrogen-bond acceptors (Lipinski definition) is 3. The van der Waals surface area contributed by atoms with Crippen LogP contribution in [0.4, 0.5) is 5.69 Å². The lowest BCUT2D eigenvalue weighted by molar-refractivity contribution is 0.340. The highest BCUT2D eigenvalue weighted by Gasteiger charge is 2.00. The van der Waals surface area contributed by atoms with Gasteiger partial charge in [-0.05, 0) is 50.6 Å². The molecule has 0 aliphatic carbocycles. The molecule has 0 radical (unpaired) electrons. The van der Waals surface area contributed by atoms with Gasteiger partial charge in [-0.15, -0.1) is 0 Å². The van der Waals surface area contributed by atoms with Crippen LogP contribution in [0.1, 0.15) is 23.9 Å². The van der Waals surface area contributed by atoms with Gasteiger partial charge in [-0.3, -0.25) is 4.98 Å². The lowest BCUT2D eigenvalue weighted by Gasteiger charge is -2.10. The van der Waals surface area contributed by atoms with Crippen molar-refractivity contribution in [3.63, 3.8) is 0 Å². The fraction of sp³-hybridized carbons (Fsp3) is 0.312. The average Bonchev–Trinajstić information content (AvgIpc) is 2.40. The second-order valence-corrected chi connectivity index (χ2v) is 4.52. The van der Waals surface area contributed by atoms with Gasteiger partial charge >= 0.3 is 0 Å². The number of aryl methyl sites for hydroxylation is 2. The molecule has 0 bridgehead atoms. The zero-order chi connectivity index (χ0) is 13.7. The molecule has 0 saturated heterocycles. The normalized spacial score (nSPS) is 10.3. The van der Waals surface area contributed by atoms with E-state index in [1.54, 1.807) is 0 Å². The molecule has 2 aromatic rings. The first-order valence-electron chi connectivity index (χ1n) is 6.59. The zero-order valence-electron chi connectivity index (χ0n) is 11.7. The van der Waals surface area contributed by atoms with Crippen molar-refractivity contribution >= 4 is 5.69 Å². The van der Waals surface area contributed by atoms with E-state index in [9.17, 15) is 0 Å². The van der Waals surface area contributed by atoms with Crippen LogP contribution in [0, 0.1) is 13.8 Å². The Morgan fingerprint density at radius 3 is 2.42 bits per heavy atom. The topological polar surface area (TPSA) is 34.1 Å². The van der Waals surface area contributed by atoms with E-state index in [4.69, 9.17) is 4.74 Å². The predicted molar refractivity (Wildman–Crippen MR) is 78.6 cm³/mol. The second kappa shape index (κ2) is 6.23. The van der Waals surface area contributed by atoms with Crippen LogP contribution in [0.15, 0.2) is 36.4 Å². The minimum atomic E-state index is 0.700. The van der Waals surface area contributed by atoms with Gasteiger partial charge in [0.1, 0.15) is 5.75 Å². The Kier molecular flexibility index (Phi) is 4.39. The fourth-order valence-electron chi connectivity index (χ4n) is 1.94. The Balaban J connectivity index is 1.98. The molecule has 0 amide bonds. The standard InChI is InChI=1S/C16H20N2O/c1-4-19-15-8-6-14(7-9-15)11-17-16-10-5-12(2)18-13(16)3/h5-10,17H,4,11H2,1-3H3. The summed E-state index contributed by atoms with van der Waals surface area (Å²) < 4.78 is 5.43. The van der Waals surface area contributed by atoms with Gasteiger partial charge in [0.2, 0.25) is 0 Å². The number of nitrogens with one attached hydrogen (secondary N) is 1. The lowest BCUT2D eigenvalue weighted by atomic mass is 10.2. The molecule has 0 saturated carbocycles. The fourth-order valence-corrected chi connectivity index (χ4v) is 1.94. The molecule has 3 nitrogen and oxygen atoms in total. The van der Waals surface area contributed by atoms with E-state index in [1.807, 2.05) is 39.0 Å². The molecule has 0 fully saturated rings. The van der Waals surface area contributed by atoms with E-state index in [-0.39, 0.29) is 0 Å². The van der Waals surface area contributed by atoms with Crippen LogP contribution in [0.5, 0.6) is 5.75 Å². The SMILES string of the molecule is CCOc1ccc(CNc2ccc(C)nc2C)cc1. The molecule has 3 heteroatoms. The Morgan fingerprint density at radius 1 is 1.05 bits per heavy atom. The number of rotatable bonds is 5. The maximum Gasteiger partial charge on any atom is 0.119 e. The van der Waals surface area contributed by atoms with Gasteiger partial charge in [0.05, 0.1) is 18.0 Å². The van der Waals surface area contributed by atoms with Crippen LogP contribution in [0.25, 0.3) is 0 Å². The van der Waals surface area contributed by atoms with Gasteiger partial charge in [0, 0.05) is 12.2 Å². The molecule has 0 aliphatic rings. The largest absolute Gasteiger partial charge is 0.494 e. The third-order valence-corrected chi connectivity index (χ3v) is 2.94. The quantitative estimate of drug-likeness (QED) is 0.885. The number of ether oxygens (including phenoxy) is 1. The summed E-state index contributed by atoms with van der Waals surface area (Å²) in [5.41, 5.74) is 4.39. The van der Waals surface area contributed by atoms with Crippen molar-refractivity contribution in [2.45, 2.75) is 27.3 Å². The summed E-state index contributed by atoms with van der Waals surface area (Å²) in [5.74, 6) is 0.916. The summed E-state index contributed by atoms with van der Waals surface area (Å²) in [4.78, 5) is 4.44. The first-order chi connectivity index (χ1) is 9.19. The first kappa shape index (κ1) is 13.4. The van der Waals surface area contributed by atoms with Gasteiger partial charge in [-0.2, -0.15) is 0 Å². The number of aromatic nitrogens is 1. The Bertz CT molecular complexity index is 535. The predicted octanol–water partition coefficient (Wildman–Crippen LogP) is 3.71. The molecule has 0 unspecified atom stereocenters. The van der Waals surface area contributed by atoms with Crippen LogP contribution in [-0.2, 0) is 6.54 Å². The van der Waals surface area contributed by atoms with Crippen molar-refractivity contribution < 1.29 is 4.74 Å². The third-order valence-electron chi connectivity index (χ3n) is 2.94. The smallest absolute Gasteiger partial charge is 0.119 e. The summed E-state index contributed by atoms with van der Waals surface area (Å²) in [6.07, 6.45) is 0. The summed E-state index contributed by atoms with van der Waals surface area (Å²) >= 11 is 0. The number of pyridine rings is 1. The molecule has 0 aliphatic heterocycles. The van der Waals surface area contributed by atoms with E-state index >= 15 is 0 Å². The van der Waals surface area contributed by atoms with Crippen LogP contribution in [0.2, 0.25) is 0 Å². The van der Waals surface area contributed by atoms with Crippen molar-refractivity contribution in [3.05, 3.63) is 53.3 Å². The summed E-state index contributed by atoms with van der Waals surface area (Å²) in [6.45, 7) is 7.50. The second-order valence-electron chi connectivity index (χ2n) is 4.52. The van der Waals surface area contributed by atoms with Crippen molar-refractivity contribution in [1.29, 1.82) is 0 Å². The molecule has 1 aromatic carbocycles. The molecule has 0 atom stereocenters. The molecule has 2 rings (SSSR count). The molecule has 19 heavy (non-hydrogen) atoms. The minimum absolute atomic E-state index is 0.700. The number of nitrogens with zero attached hydrogens (tertiary/aromatic N) is 1. The van der Waals surface area contributed by atoms with Crippen molar-refractivity contribution in [2.24, 2.45) is 0 Å². The van der Waals surface area contributed by atoms with Crippen LogP contribution >= 0.6 is 0 Å². The Labute approximate surface area is 114 Å². The van der Waals surface area contributed by atoms with Gasteiger partial charge in [-0.1, -0.05) is 12.1 Å². The Hall–Kier alpha value is -2.03. The van der Waals surface area contributed by atoms with Crippen molar-refractivity contribution in [1.82, 2.24) is 4.98 Å². The minimum Gasteiger partial charge on any atom is -0.494 e. The van der Waals surface area contributed by atoms with Crippen LogP contribution in [0.3, 0.4) is 0 Å². The number of anilines is 1. The molecular weight excluding hydrogens is 236 g/mol. The van der Waals surface area contributed by atoms with Crippen molar-refractivity contribution in [3.8, 4) is 5.75 Å². The molecule has 1 heterocycles. The van der Waals surface area contributed by atoms with Gasteiger partial charge in [0.25, 0.3) is 0 Å². The molecular formula is C16H20N2O. The van der Waals surface area contributed by atoms with Crippen LogP contribution in [-0.4, -0.2) is 11.6 Å². The van der Waals surface area contributed by atoms with E-state index in [0.717, 1.165) is 29.4 Å². The highest BCUT2D eigenvalue weighted by Crippen LogP contribution is 2.16. The zero-order valence-corrected chi connectivity index (χ0v) is 11.7. The van der Waals surface area contributed by atoms with E-state index in [1.165, 1.54) is 5.56 Å². The number of benzene rings is 1. The van der Waals surface area contributed by atoms with E-state index in [0.29, 0.717) is 6.61 Å². The molecule has 1 aromatic heterocycles.